The van der Waals surface area contributed by atoms with E-state index in [0.29, 0.717) is 6.42 Å². The Balaban J connectivity index is 2.23. The van der Waals surface area contributed by atoms with Gasteiger partial charge in [0.1, 0.15) is 10.6 Å². The van der Waals surface area contributed by atoms with Crippen LogP contribution in [0.15, 0.2) is 60.7 Å². The fourth-order valence-corrected chi connectivity index (χ4v) is 6.65. The Hall–Kier alpha value is -1.74. The average Bonchev–Trinajstić information content (AvgIpc) is 2.98. The zero-order valence-electron chi connectivity index (χ0n) is 12.5. The van der Waals surface area contributed by atoms with Gasteiger partial charge in [-0.25, -0.2) is 4.89 Å². The molecule has 2 aromatic rings. The maximum atomic E-state index is 11.9. The standard InChI is InChI=1S/C17H19NO3P/c1-17(13-8-14-18(17)21-19)22(20,15-9-4-2-5-10-15)16-11-6-3-7-12-16/h2-7,9-12,14,20H,8,13H2,1H3/q+1/p+1. The SMILES string of the molecule is CC1([P+](O)(c2ccccc2)c2ccccc2)CCC=[N+]1OO. The summed E-state index contributed by atoms with van der Waals surface area (Å²) in [7, 11) is -2.80. The minimum atomic E-state index is -2.80. The zero-order valence-corrected chi connectivity index (χ0v) is 13.4. The average molecular weight is 317 g/mol. The minimum absolute atomic E-state index is 0.704. The zero-order chi connectivity index (χ0) is 15.6. The van der Waals surface area contributed by atoms with Crippen molar-refractivity contribution >= 4 is 24.3 Å². The van der Waals surface area contributed by atoms with E-state index in [2.05, 4.69) is 4.99 Å². The first-order valence-corrected chi connectivity index (χ1v) is 9.04. The predicted molar refractivity (Wildman–Crippen MR) is 89.0 cm³/mol. The first-order valence-electron chi connectivity index (χ1n) is 7.30. The molecule has 2 aromatic carbocycles. The number of hydroxylamine groups is 1. The second-order valence-corrected chi connectivity index (χ2v) is 8.92. The monoisotopic (exact) mass is 317 g/mol. The van der Waals surface area contributed by atoms with Gasteiger partial charge in [-0.05, 0) is 24.3 Å². The summed E-state index contributed by atoms with van der Waals surface area (Å²) in [6.07, 6.45) is 3.25. The Morgan fingerprint density at radius 1 is 1.00 bits per heavy atom. The van der Waals surface area contributed by atoms with Crippen LogP contribution in [-0.2, 0) is 4.99 Å². The molecule has 1 heterocycles. The summed E-state index contributed by atoms with van der Waals surface area (Å²) in [5.41, 5.74) is 0. The highest BCUT2D eigenvalue weighted by atomic mass is 31.2. The molecule has 1 aliphatic heterocycles. The van der Waals surface area contributed by atoms with E-state index < -0.39 is 12.8 Å². The van der Waals surface area contributed by atoms with Crippen molar-refractivity contribution in [2.45, 2.75) is 25.0 Å². The molecule has 0 fully saturated rings. The molecule has 0 aromatic heterocycles. The van der Waals surface area contributed by atoms with Gasteiger partial charge in [-0.15, -0.1) is 5.26 Å². The Kier molecular flexibility index (Phi) is 4.00. The second kappa shape index (κ2) is 5.81. The van der Waals surface area contributed by atoms with E-state index >= 15 is 0 Å². The van der Waals surface area contributed by atoms with Crippen molar-refractivity contribution in [1.82, 2.24) is 0 Å². The summed E-state index contributed by atoms with van der Waals surface area (Å²) in [4.78, 5) is 16.4. The molecule has 0 spiro atoms. The summed E-state index contributed by atoms with van der Waals surface area (Å²) in [6.45, 7) is 1.94. The van der Waals surface area contributed by atoms with Gasteiger partial charge in [-0.3, -0.25) is 0 Å². The summed E-state index contributed by atoms with van der Waals surface area (Å²) >= 11 is 0. The van der Waals surface area contributed by atoms with Crippen LogP contribution in [0, 0.1) is 0 Å². The van der Waals surface area contributed by atoms with Gasteiger partial charge < -0.3 is 0 Å². The lowest BCUT2D eigenvalue weighted by Crippen LogP contribution is -2.45. The lowest BCUT2D eigenvalue weighted by molar-refractivity contribution is -0.889. The highest BCUT2D eigenvalue weighted by Gasteiger charge is 2.70. The summed E-state index contributed by atoms with van der Waals surface area (Å²) in [5, 5.41) is 10.3. The number of rotatable bonds is 4. The normalized spacial score (nSPS) is 21.5. The first-order chi connectivity index (χ1) is 10.6. The van der Waals surface area contributed by atoms with Crippen molar-refractivity contribution in [2.24, 2.45) is 0 Å². The van der Waals surface area contributed by atoms with E-state index in [4.69, 9.17) is 0 Å². The van der Waals surface area contributed by atoms with Crippen molar-refractivity contribution in [3.63, 3.8) is 0 Å². The van der Waals surface area contributed by atoms with Crippen molar-refractivity contribution in [3.8, 4) is 0 Å². The third kappa shape index (κ3) is 2.15. The van der Waals surface area contributed by atoms with Gasteiger partial charge in [-0.2, -0.15) is 0 Å². The molecule has 114 valence electrons. The van der Waals surface area contributed by atoms with Crippen LogP contribution in [0.2, 0.25) is 0 Å². The van der Waals surface area contributed by atoms with Crippen molar-refractivity contribution in [2.75, 3.05) is 0 Å². The summed E-state index contributed by atoms with van der Waals surface area (Å²) in [6, 6.07) is 19.3. The van der Waals surface area contributed by atoms with Gasteiger partial charge in [-0.1, -0.05) is 41.4 Å². The quantitative estimate of drug-likeness (QED) is 0.394. The Morgan fingerprint density at radius 2 is 1.50 bits per heavy atom. The highest BCUT2D eigenvalue weighted by Crippen LogP contribution is 2.66. The second-order valence-electron chi connectivity index (χ2n) is 5.65. The van der Waals surface area contributed by atoms with Crippen LogP contribution in [0.25, 0.3) is 0 Å². The van der Waals surface area contributed by atoms with E-state index in [1.54, 1.807) is 6.21 Å². The molecule has 0 bridgehead atoms. The summed E-state index contributed by atoms with van der Waals surface area (Å²) < 4.78 is 1.40. The van der Waals surface area contributed by atoms with E-state index in [9.17, 15) is 10.2 Å². The van der Waals surface area contributed by atoms with Gasteiger partial charge >= 0.3 is 5.28 Å². The minimum Gasteiger partial charge on any atom is -0.233 e. The Morgan fingerprint density at radius 3 is 1.95 bits per heavy atom. The lowest BCUT2D eigenvalue weighted by atomic mass is 10.2. The maximum absolute atomic E-state index is 11.9. The molecular formula is C17H20NO3P+2. The van der Waals surface area contributed by atoms with Crippen LogP contribution < -0.4 is 10.6 Å². The van der Waals surface area contributed by atoms with Crippen molar-refractivity contribution < 1.29 is 19.9 Å². The molecule has 0 saturated carbocycles. The molecule has 4 nitrogen and oxygen atoms in total. The fraction of sp³-hybridized carbons (Fsp3) is 0.235. The molecule has 2 N–H and O–H groups in total. The van der Waals surface area contributed by atoms with Gasteiger partial charge in [0.25, 0.3) is 7.49 Å². The molecular weight excluding hydrogens is 297 g/mol. The maximum Gasteiger partial charge on any atom is 0.343 e. The molecule has 1 aliphatic rings. The van der Waals surface area contributed by atoms with Crippen LogP contribution in [0.1, 0.15) is 19.8 Å². The molecule has 0 saturated heterocycles. The third-order valence-electron chi connectivity index (χ3n) is 4.43. The van der Waals surface area contributed by atoms with Crippen LogP contribution in [-0.4, -0.2) is 26.4 Å². The van der Waals surface area contributed by atoms with E-state index in [1.165, 1.54) is 4.74 Å². The summed E-state index contributed by atoms with van der Waals surface area (Å²) in [5.74, 6) is 0. The molecule has 5 heteroatoms. The fourth-order valence-electron chi connectivity index (χ4n) is 3.18. The molecule has 1 unspecified atom stereocenters. The molecule has 1 atom stereocenters. The first kappa shape index (κ1) is 15.2. The van der Waals surface area contributed by atoms with Crippen LogP contribution in [0.3, 0.4) is 0 Å². The van der Waals surface area contributed by atoms with Crippen LogP contribution in [0.4, 0.5) is 0 Å². The highest BCUT2D eigenvalue weighted by molar-refractivity contribution is 7.85. The number of nitrogens with zero attached hydrogens (tertiary/aromatic N) is 1. The van der Waals surface area contributed by atoms with Crippen molar-refractivity contribution in [3.05, 3.63) is 60.7 Å². The molecule has 22 heavy (non-hydrogen) atoms. The number of hydrogen-bond donors (Lipinski definition) is 2. The Labute approximate surface area is 130 Å². The predicted octanol–water partition coefficient (Wildman–Crippen LogP) is 2.56. The third-order valence-corrected chi connectivity index (χ3v) is 8.34. The lowest BCUT2D eigenvalue weighted by Gasteiger charge is -2.29. The van der Waals surface area contributed by atoms with Gasteiger partial charge in [0.05, 0.1) is 11.2 Å². The van der Waals surface area contributed by atoms with E-state index in [1.807, 2.05) is 67.6 Å². The van der Waals surface area contributed by atoms with Crippen LogP contribution in [0.5, 0.6) is 0 Å². The van der Waals surface area contributed by atoms with Gasteiger partial charge in [0, 0.05) is 13.3 Å². The Bertz CT molecular complexity index is 635. The van der Waals surface area contributed by atoms with E-state index in [-0.39, 0.29) is 0 Å². The number of benzene rings is 2. The molecule has 0 amide bonds. The van der Waals surface area contributed by atoms with Gasteiger partial charge in [0.2, 0.25) is 6.21 Å². The topological polar surface area (TPSA) is 52.7 Å². The number of hydrogen-bond acceptors (Lipinski definition) is 3. The molecule has 0 aliphatic carbocycles. The molecule has 0 radical (unpaired) electrons. The van der Waals surface area contributed by atoms with Crippen LogP contribution >= 0.6 is 7.49 Å². The smallest absolute Gasteiger partial charge is 0.233 e. The van der Waals surface area contributed by atoms with Gasteiger partial charge in [0.15, 0.2) is 0 Å². The largest absolute Gasteiger partial charge is 0.343 e. The van der Waals surface area contributed by atoms with Crippen molar-refractivity contribution in [1.29, 1.82) is 0 Å². The molecule has 3 rings (SSSR count). The van der Waals surface area contributed by atoms with E-state index in [0.717, 1.165) is 17.0 Å².